The lowest BCUT2D eigenvalue weighted by Gasteiger charge is -2.11. The second-order valence-electron chi connectivity index (χ2n) is 3.90. The van der Waals surface area contributed by atoms with E-state index in [1.807, 2.05) is 36.4 Å². The highest BCUT2D eigenvalue weighted by atomic mass is 32.1. The number of thiocarbonyl (C=S) groups is 1. The fourth-order valence-corrected chi connectivity index (χ4v) is 1.78. The molecule has 0 saturated carbocycles. The highest BCUT2D eigenvalue weighted by Gasteiger charge is 2.03. The standard InChI is InChI=1S/C14H14N2S/c1-10-6-8-11(9-7-10)16-13-5-3-2-4-12(13)14(15)17/h2-9,16H,1H3,(H2,15,17). The summed E-state index contributed by atoms with van der Waals surface area (Å²) in [5.74, 6) is 0. The van der Waals surface area contributed by atoms with E-state index in [9.17, 15) is 0 Å². The summed E-state index contributed by atoms with van der Waals surface area (Å²) in [5, 5.41) is 3.31. The third-order valence-corrected chi connectivity index (χ3v) is 2.74. The fourth-order valence-electron chi connectivity index (χ4n) is 1.60. The SMILES string of the molecule is Cc1ccc(Nc2ccccc2C(N)=S)cc1. The minimum atomic E-state index is 0.403. The lowest BCUT2D eigenvalue weighted by molar-refractivity contribution is 1.45. The Morgan fingerprint density at radius 1 is 1.06 bits per heavy atom. The third-order valence-electron chi connectivity index (χ3n) is 2.52. The van der Waals surface area contributed by atoms with Crippen molar-refractivity contribution in [1.82, 2.24) is 0 Å². The van der Waals surface area contributed by atoms with Crippen molar-refractivity contribution in [2.24, 2.45) is 5.73 Å². The molecule has 0 radical (unpaired) electrons. The van der Waals surface area contributed by atoms with Crippen molar-refractivity contribution in [2.75, 3.05) is 5.32 Å². The lowest BCUT2D eigenvalue weighted by atomic mass is 10.1. The number of nitrogens with two attached hydrogens (primary N) is 1. The van der Waals surface area contributed by atoms with E-state index >= 15 is 0 Å². The van der Waals surface area contributed by atoms with Crippen LogP contribution in [0.3, 0.4) is 0 Å². The third kappa shape index (κ3) is 2.82. The molecular weight excluding hydrogens is 228 g/mol. The Morgan fingerprint density at radius 3 is 2.35 bits per heavy atom. The number of hydrogen-bond acceptors (Lipinski definition) is 2. The first kappa shape index (κ1) is 11.6. The van der Waals surface area contributed by atoms with Gasteiger partial charge >= 0.3 is 0 Å². The molecule has 2 aromatic carbocycles. The molecule has 0 aromatic heterocycles. The van der Waals surface area contributed by atoms with Gasteiger partial charge in [-0.15, -0.1) is 0 Å². The van der Waals surface area contributed by atoms with Crippen LogP contribution in [0.5, 0.6) is 0 Å². The number of para-hydroxylation sites is 1. The van der Waals surface area contributed by atoms with Gasteiger partial charge in [0, 0.05) is 16.9 Å². The zero-order valence-corrected chi connectivity index (χ0v) is 10.4. The topological polar surface area (TPSA) is 38.0 Å². The molecule has 0 atom stereocenters. The first-order valence-electron chi connectivity index (χ1n) is 5.39. The van der Waals surface area contributed by atoms with Crippen LogP contribution in [0.2, 0.25) is 0 Å². The van der Waals surface area contributed by atoms with Gasteiger partial charge in [0.1, 0.15) is 4.99 Å². The van der Waals surface area contributed by atoms with Crippen LogP contribution in [0, 0.1) is 6.92 Å². The Balaban J connectivity index is 2.30. The maximum atomic E-state index is 5.68. The fraction of sp³-hybridized carbons (Fsp3) is 0.0714. The highest BCUT2D eigenvalue weighted by Crippen LogP contribution is 2.20. The summed E-state index contributed by atoms with van der Waals surface area (Å²) < 4.78 is 0. The molecule has 0 bridgehead atoms. The second-order valence-corrected chi connectivity index (χ2v) is 4.34. The molecule has 3 heteroatoms. The van der Waals surface area contributed by atoms with Gasteiger partial charge in [0.2, 0.25) is 0 Å². The number of benzene rings is 2. The van der Waals surface area contributed by atoms with Gasteiger partial charge in [-0.05, 0) is 31.2 Å². The predicted molar refractivity (Wildman–Crippen MR) is 76.8 cm³/mol. The van der Waals surface area contributed by atoms with Crippen molar-refractivity contribution in [2.45, 2.75) is 6.92 Å². The van der Waals surface area contributed by atoms with Crippen LogP contribution in [0.25, 0.3) is 0 Å². The first-order chi connectivity index (χ1) is 8.16. The van der Waals surface area contributed by atoms with Crippen LogP contribution in [0.1, 0.15) is 11.1 Å². The van der Waals surface area contributed by atoms with Crippen LogP contribution < -0.4 is 11.1 Å². The van der Waals surface area contributed by atoms with E-state index in [-0.39, 0.29) is 0 Å². The Hall–Kier alpha value is -1.87. The molecule has 0 aliphatic heterocycles. The molecule has 0 amide bonds. The van der Waals surface area contributed by atoms with E-state index in [1.54, 1.807) is 0 Å². The van der Waals surface area contributed by atoms with Gasteiger partial charge in [0.05, 0.1) is 0 Å². The summed E-state index contributed by atoms with van der Waals surface area (Å²) in [4.78, 5) is 0.403. The van der Waals surface area contributed by atoms with Crippen molar-refractivity contribution in [3.8, 4) is 0 Å². The predicted octanol–water partition coefficient (Wildman–Crippen LogP) is 3.37. The van der Waals surface area contributed by atoms with Crippen molar-refractivity contribution < 1.29 is 0 Å². The summed E-state index contributed by atoms with van der Waals surface area (Å²) in [7, 11) is 0. The Morgan fingerprint density at radius 2 is 1.71 bits per heavy atom. The average Bonchev–Trinajstić information content (AvgIpc) is 2.32. The number of nitrogens with one attached hydrogen (secondary N) is 1. The summed E-state index contributed by atoms with van der Waals surface area (Å²) in [5.41, 5.74) is 9.74. The van der Waals surface area contributed by atoms with E-state index in [1.165, 1.54) is 5.56 Å². The molecule has 0 aliphatic carbocycles. The van der Waals surface area contributed by atoms with Gasteiger partial charge in [-0.1, -0.05) is 42.0 Å². The normalized spacial score (nSPS) is 9.94. The van der Waals surface area contributed by atoms with Gasteiger partial charge in [-0.2, -0.15) is 0 Å². The summed E-state index contributed by atoms with van der Waals surface area (Å²) >= 11 is 5.02. The smallest absolute Gasteiger partial charge is 0.106 e. The maximum absolute atomic E-state index is 5.68. The largest absolute Gasteiger partial charge is 0.389 e. The molecule has 0 saturated heterocycles. The Labute approximate surface area is 106 Å². The summed E-state index contributed by atoms with van der Waals surface area (Å²) in [6.07, 6.45) is 0. The molecular formula is C14H14N2S. The molecule has 2 rings (SSSR count). The molecule has 0 heterocycles. The number of aryl methyl sites for hydroxylation is 1. The summed E-state index contributed by atoms with van der Waals surface area (Å²) in [6, 6.07) is 16.0. The minimum absolute atomic E-state index is 0.403. The molecule has 86 valence electrons. The van der Waals surface area contributed by atoms with Crippen LogP contribution in [-0.2, 0) is 0 Å². The average molecular weight is 242 g/mol. The zero-order valence-electron chi connectivity index (χ0n) is 9.60. The first-order valence-corrected chi connectivity index (χ1v) is 5.80. The lowest BCUT2D eigenvalue weighted by Crippen LogP contribution is -2.11. The molecule has 2 nitrogen and oxygen atoms in total. The number of hydrogen-bond donors (Lipinski definition) is 2. The number of anilines is 2. The Bertz CT molecular complexity index is 532. The minimum Gasteiger partial charge on any atom is -0.389 e. The van der Waals surface area contributed by atoms with E-state index < -0.39 is 0 Å². The van der Waals surface area contributed by atoms with Crippen LogP contribution in [0.15, 0.2) is 48.5 Å². The van der Waals surface area contributed by atoms with Gasteiger partial charge in [0.25, 0.3) is 0 Å². The van der Waals surface area contributed by atoms with E-state index in [4.69, 9.17) is 18.0 Å². The molecule has 0 spiro atoms. The molecule has 2 aromatic rings. The van der Waals surface area contributed by atoms with Crippen LogP contribution in [0.4, 0.5) is 11.4 Å². The van der Waals surface area contributed by atoms with Gasteiger partial charge in [0.15, 0.2) is 0 Å². The summed E-state index contributed by atoms with van der Waals surface area (Å²) in [6.45, 7) is 2.06. The van der Waals surface area contributed by atoms with Gasteiger partial charge in [-0.3, -0.25) is 0 Å². The molecule has 0 unspecified atom stereocenters. The van der Waals surface area contributed by atoms with Crippen LogP contribution >= 0.6 is 12.2 Å². The van der Waals surface area contributed by atoms with E-state index in [0.717, 1.165) is 16.9 Å². The van der Waals surface area contributed by atoms with E-state index in [2.05, 4.69) is 24.4 Å². The molecule has 0 fully saturated rings. The molecule has 0 aliphatic rings. The van der Waals surface area contributed by atoms with E-state index in [0.29, 0.717) is 4.99 Å². The van der Waals surface area contributed by atoms with Crippen molar-refractivity contribution in [3.05, 3.63) is 59.7 Å². The second kappa shape index (κ2) is 4.97. The maximum Gasteiger partial charge on any atom is 0.106 e. The zero-order chi connectivity index (χ0) is 12.3. The number of rotatable bonds is 3. The van der Waals surface area contributed by atoms with Gasteiger partial charge < -0.3 is 11.1 Å². The molecule has 3 N–H and O–H groups in total. The van der Waals surface area contributed by atoms with Crippen LogP contribution in [-0.4, -0.2) is 4.99 Å². The Kier molecular flexibility index (Phi) is 3.40. The quantitative estimate of drug-likeness (QED) is 0.810. The molecule has 17 heavy (non-hydrogen) atoms. The monoisotopic (exact) mass is 242 g/mol. The van der Waals surface area contributed by atoms with Gasteiger partial charge in [-0.25, -0.2) is 0 Å². The van der Waals surface area contributed by atoms with Crippen molar-refractivity contribution >= 4 is 28.6 Å². The highest BCUT2D eigenvalue weighted by molar-refractivity contribution is 7.80. The van der Waals surface area contributed by atoms with Crippen molar-refractivity contribution in [3.63, 3.8) is 0 Å². The van der Waals surface area contributed by atoms with Crippen molar-refractivity contribution in [1.29, 1.82) is 0 Å².